The van der Waals surface area contributed by atoms with Crippen molar-refractivity contribution in [1.82, 2.24) is 0 Å². The van der Waals surface area contributed by atoms with E-state index in [1.165, 1.54) is 0 Å². The van der Waals surface area contributed by atoms with Crippen LogP contribution >= 0.6 is 0 Å². The summed E-state index contributed by atoms with van der Waals surface area (Å²) in [5.41, 5.74) is 9.25. The number of ether oxygens (including phenoxy) is 1. The lowest BCUT2D eigenvalue weighted by Crippen LogP contribution is -2.22. The summed E-state index contributed by atoms with van der Waals surface area (Å²) in [5, 5.41) is 3.51. The molecule has 2 atom stereocenters. The lowest BCUT2D eigenvalue weighted by atomic mass is 9.96. The van der Waals surface area contributed by atoms with E-state index < -0.39 is 0 Å². The molecular weight excluding hydrogens is 178 g/mol. The van der Waals surface area contributed by atoms with Gasteiger partial charge in [0.1, 0.15) is 0 Å². The number of hydrogen-bond donors (Lipinski definition) is 0. The maximum atomic E-state index is 8.16. The predicted octanol–water partition coefficient (Wildman–Crippen LogP) is 3.06. The molecule has 2 unspecified atom stereocenters. The average Bonchev–Trinajstić information content (AvgIpc) is 2.15. The lowest BCUT2D eigenvalue weighted by Gasteiger charge is -2.25. The van der Waals surface area contributed by atoms with E-state index in [1.54, 1.807) is 0 Å². The van der Waals surface area contributed by atoms with E-state index in [9.17, 15) is 0 Å². The first kappa shape index (κ1) is 11.1. The van der Waals surface area contributed by atoms with Crippen molar-refractivity contribution in [2.45, 2.75) is 32.8 Å². The summed E-state index contributed by atoms with van der Waals surface area (Å²) in [4.78, 5) is 2.73. The van der Waals surface area contributed by atoms with Crippen molar-refractivity contribution < 1.29 is 4.74 Å². The molecule has 1 fully saturated rings. The zero-order valence-electron chi connectivity index (χ0n) is 8.81. The average molecular weight is 195 g/mol. The molecule has 0 N–H and O–H groups in total. The third kappa shape index (κ3) is 3.81. The van der Waals surface area contributed by atoms with Crippen LogP contribution in [-0.4, -0.2) is 19.3 Å². The van der Waals surface area contributed by atoms with Crippen molar-refractivity contribution in [2.75, 3.05) is 13.2 Å². The van der Waals surface area contributed by atoms with E-state index in [0.717, 1.165) is 30.9 Å². The van der Waals surface area contributed by atoms with Gasteiger partial charge in [-0.3, -0.25) is 0 Å². The Morgan fingerprint density at radius 2 is 2.50 bits per heavy atom. The van der Waals surface area contributed by atoms with E-state index >= 15 is 0 Å². The van der Waals surface area contributed by atoms with E-state index in [0.29, 0.717) is 6.54 Å². The van der Waals surface area contributed by atoms with Gasteiger partial charge in [-0.15, -0.1) is 0 Å². The number of azide groups is 1. The van der Waals surface area contributed by atoms with Crippen molar-refractivity contribution in [1.29, 1.82) is 0 Å². The van der Waals surface area contributed by atoms with Crippen LogP contribution in [0.15, 0.2) is 16.8 Å². The van der Waals surface area contributed by atoms with Crippen LogP contribution in [0.1, 0.15) is 26.7 Å². The SMILES string of the molecule is C/C(=C/C1CC(C)CCO1)CN=[N+]=[N-]. The van der Waals surface area contributed by atoms with E-state index in [2.05, 4.69) is 23.0 Å². The highest BCUT2D eigenvalue weighted by molar-refractivity contribution is 5.05. The molecule has 0 aromatic carbocycles. The summed E-state index contributed by atoms with van der Waals surface area (Å²) in [7, 11) is 0. The Morgan fingerprint density at radius 3 is 3.14 bits per heavy atom. The quantitative estimate of drug-likeness (QED) is 0.295. The molecule has 0 saturated carbocycles. The highest BCUT2D eigenvalue weighted by Gasteiger charge is 2.17. The van der Waals surface area contributed by atoms with E-state index in [4.69, 9.17) is 10.3 Å². The van der Waals surface area contributed by atoms with Crippen molar-refractivity contribution in [3.8, 4) is 0 Å². The van der Waals surface area contributed by atoms with Gasteiger partial charge in [0, 0.05) is 18.1 Å². The first-order chi connectivity index (χ1) is 6.72. The monoisotopic (exact) mass is 195 g/mol. The second-order valence-electron chi connectivity index (χ2n) is 3.94. The molecule has 0 radical (unpaired) electrons. The Hall–Kier alpha value is -0.990. The minimum absolute atomic E-state index is 0.215. The molecule has 1 saturated heterocycles. The molecular formula is C10H17N3O. The Labute approximate surface area is 84.6 Å². The predicted molar refractivity (Wildman–Crippen MR) is 55.9 cm³/mol. The van der Waals surface area contributed by atoms with Crippen molar-refractivity contribution in [3.05, 3.63) is 22.1 Å². The fourth-order valence-electron chi connectivity index (χ4n) is 1.63. The molecule has 0 aromatic heterocycles. The standard InChI is InChI=1S/C10H17N3O/c1-8-3-4-14-10(5-8)6-9(2)7-12-13-11/h6,8,10H,3-5,7H2,1-2H3/b9-6-. The third-order valence-corrected chi connectivity index (χ3v) is 2.43. The topological polar surface area (TPSA) is 58.0 Å². The van der Waals surface area contributed by atoms with Crippen molar-refractivity contribution in [2.24, 2.45) is 11.0 Å². The van der Waals surface area contributed by atoms with Gasteiger partial charge in [0.2, 0.25) is 0 Å². The van der Waals surface area contributed by atoms with Crippen LogP contribution < -0.4 is 0 Å². The lowest BCUT2D eigenvalue weighted by molar-refractivity contribution is 0.0235. The number of rotatable bonds is 3. The third-order valence-electron chi connectivity index (χ3n) is 2.43. The fourth-order valence-corrected chi connectivity index (χ4v) is 1.63. The van der Waals surface area contributed by atoms with Gasteiger partial charge >= 0.3 is 0 Å². The Kier molecular flexibility index (Phi) is 4.50. The van der Waals surface area contributed by atoms with Gasteiger partial charge < -0.3 is 4.74 Å². The van der Waals surface area contributed by atoms with E-state index in [-0.39, 0.29) is 6.10 Å². The normalized spacial score (nSPS) is 28.3. The summed E-state index contributed by atoms with van der Waals surface area (Å²) >= 11 is 0. The van der Waals surface area contributed by atoms with Crippen molar-refractivity contribution >= 4 is 0 Å². The number of hydrogen-bond acceptors (Lipinski definition) is 2. The second kappa shape index (κ2) is 5.68. The summed E-state index contributed by atoms with van der Waals surface area (Å²) < 4.78 is 5.59. The van der Waals surface area contributed by atoms with Gasteiger partial charge in [-0.05, 0) is 31.2 Å². The van der Waals surface area contributed by atoms with Crippen LogP contribution in [0.3, 0.4) is 0 Å². The van der Waals surface area contributed by atoms with Crippen LogP contribution in [0.25, 0.3) is 10.4 Å². The molecule has 1 aliphatic heterocycles. The molecule has 4 nitrogen and oxygen atoms in total. The van der Waals surface area contributed by atoms with Gasteiger partial charge in [-0.1, -0.05) is 23.7 Å². The van der Waals surface area contributed by atoms with Crippen LogP contribution in [0.2, 0.25) is 0 Å². The molecule has 78 valence electrons. The maximum Gasteiger partial charge on any atom is 0.0760 e. The van der Waals surface area contributed by atoms with Crippen LogP contribution in [0.4, 0.5) is 0 Å². The molecule has 0 aromatic rings. The molecule has 4 heteroatoms. The molecule has 14 heavy (non-hydrogen) atoms. The smallest absolute Gasteiger partial charge is 0.0760 e. The zero-order valence-corrected chi connectivity index (χ0v) is 8.81. The van der Waals surface area contributed by atoms with Crippen LogP contribution in [-0.2, 0) is 4.74 Å². The zero-order chi connectivity index (χ0) is 10.4. The minimum atomic E-state index is 0.215. The summed E-state index contributed by atoms with van der Waals surface area (Å²) in [6.45, 7) is 5.51. The first-order valence-electron chi connectivity index (χ1n) is 5.02. The van der Waals surface area contributed by atoms with Crippen LogP contribution in [0, 0.1) is 5.92 Å². The Balaban J connectivity index is 2.44. The summed E-state index contributed by atoms with van der Waals surface area (Å²) in [5.74, 6) is 0.734. The largest absolute Gasteiger partial charge is 0.374 e. The van der Waals surface area contributed by atoms with Gasteiger partial charge in [-0.2, -0.15) is 0 Å². The molecule has 1 rings (SSSR count). The first-order valence-corrected chi connectivity index (χ1v) is 5.02. The van der Waals surface area contributed by atoms with Crippen LogP contribution in [0.5, 0.6) is 0 Å². The van der Waals surface area contributed by atoms with Gasteiger partial charge in [0.05, 0.1) is 6.10 Å². The molecule has 0 amide bonds. The second-order valence-corrected chi connectivity index (χ2v) is 3.94. The molecule has 0 bridgehead atoms. The highest BCUT2D eigenvalue weighted by atomic mass is 16.5. The van der Waals surface area contributed by atoms with E-state index in [1.807, 2.05) is 6.92 Å². The summed E-state index contributed by atoms with van der Waals surface area (Å²) in [6.07, 6.45) is 4.52. The maximum absolute atomic E-state index is 8.16. The Morgan fingerprint density at radius 1 is 1.71 bits per heavy atom. The molecule has 0 spiro atoms. The minimum Gasteiger partial charge on any atom is -0.374 e. The Bertz CT molecular complexity index is 256. The highest BCUT2D eigenvalue weighted by Crippen LogP contribution is 2.20. The number of nitrogens with zero attached hydrogens (tertiary/aromatic N) is 3. The van der Waals surface area contributed by atoms with Gasteiger partial charge in [0.25, 0.3) is 0 Å². The molecule has 1 aliphatic rings. The molecule has 1 heterocycles. The fraction of sp³-hybridized carbons (Fsp3) is 0.800. The van der Waals surface area contributed by atoms with Gasteiger partial charge in [-0.25, -0.2) is 0 Å². The van der Waals surface area contributed by atoms with Crippen molar-refractivity contribution in [3.63, 3.8) is 0 Å². The van der Waals surface area contributed by atoms with Gasteiger partial charge in [0.15, 0.2) is 0 Å². The summed E-state index contributed by atoms with van der Waals surface area (Å²) in [6, 6.07) is 0. The molecule has 0 aliphatic carbocycles.